The number of carbonyl (C=O) groups excluding carboxylic acids is 1. The molecule has 0 saturated heterocycles. The molecular weight excluding hydrogens is 122 g/mol. The van der Waals surface area contributed by atoms with Gasteiger partial charge in [0, 0.05) is 0 Å². The minimum Gasteiger partial charge on any atom is -0.211 e. The van der Waals surface area contributed by atoms with E-state index in [0.29, 0.717) is 5.82 Å². The van der Waals surface area contributed by atoms with Crippen LogP contribution >= 0.6 is 0 Å². The number of aromatic nitrogens is 4. The van der Waals surface area contributed by atoms with Gasteiger partial charge in [-0.25, -0.2) is 4.79 Å². The molecule has 0 amide bonds. The van der Waals surface area contributed by atoms with Crippen molar-refractivity contribution in [2.45, 2.75) is 6.54 Å². The quantitative estimate of drug-likeness (QED) is 0.407. The van der Waals surface area contributed by atoms with Crippen molar-refractivity contribution in [2.75, 3.05) is 0 Å². The normalized spacial score (nSPS) is 8.44. The van der Waals surface area contributed by atoms with Crippen LogP contribution in [0.4, 0.5) is 0 Å². The average molecular weight is 125 g/mol. The van der Waals surface area contributed by atoms with Crippen molar-refractivity contribution in [3.63, 3.8) is 0 Å². The highest BCUT2D eigenvalue weighted by atomic mass is 16.1. The Morgan fingerprint density at radius 1 is 1.78 bits per heavy atom. The molecule has 0 fully saturated rings. The van der Waals surface area contributed by atoms with Crippen LogP contribution in [-0.4, -0.2) is 26.7 Å². The zero-order valence-corrected chi connectivity index (χ0v) is 4.40. The lowest BCUT2D eigenvalue weighted by Gasteiger charge is -1.74. The average Bonchev–Trinajstić information content (AvgIpc) is 2.34. The van der Waals surface area contributed by atoms with Crippen molar-refractivity contribution in [2.24, 2.45) is 4.99 Å². The summed E-state index contributed by atoms with van der Waals surface area (Å²) in [6.07, 6.45) is 1.36. The van der Waals surface area contributed by atoms with E-state index in [1.165, 1.54) is 6.08 Å². The van der Waals surface area contributed by atoms with Gasteiger partial charge in [0.15, 0.2) is 5.82 Å². The van der Waals surface area contributed by atoms with E-state index in [-0.39, 0.29) is 6.54 Å². The Morgan fingerprint density at radius 2 is 2.67 bits per heavy atom. The van der Waals surface area contributed by atoms with E-state index >= 15 is 0 Å². The van der Waals surface area contributed by atoms with E-state index in [9.17, 15) is 4.79 Å². The SMILES string of the molecule is O=C=NCc1nn[nH]n1. The molecule has 1 rings (SSSR count). The number of nitrogens with one attached hydrogen (secondary N) is 1. The number of hydrogen-bond acceptors (Lipinski definition) is 5. The Kier molecular flexibility index (Phi) is 1.66. The van der Waals surface area contributed by atoms with Crippen molar-refractivity contribution in [3.8, 4) is 0 Å². The Morgan fingerprint density at radius 3 is 3.22 bits per heavy atom. The molecule has 0 radical (unpaired) electrons. The molecule has 46 valence electrons. The zero-order valence-electron chi connectivity index (χ0n) is 4.40. The van der Waals surface area contributed by atoms with E-state index in [0.717, 1.165) is 0 Å². The highest BCUT2D eigenvalue weighted by molar-refractivity contribution is 5.32. The molecule has 0 spiro atoms. The van der Waals surface area contributed by atoms with E-state index in [4.69, 9.17) is 0 Å². The molecule has 0 aliphatic carbocycles. The number of nitrogens with zero attached hydrogens (tertiary/aromatic N) is 4. The predicted octanol–water partition coefficient (Wildman–Crippen LogP) is -0.965. The summed E-state index contributed by atoms with van der Waals surface area (Å²) >= 11 is 0. The van der Waals surface area contributed by atoms with Gasteiger partial charge in [-0.05, 0) is 0 Å². The molecule has 0 atom stereocenters. The summed E-state index contributed by atoms with van der Waals surface area (Å²) in [6, 6.07) is 0. The number of hydrogen-bond donors (Lipinski definition) is 1. The smallest absolute Gasteiger partial charge is 0.211 e. The molecule has 9 heavy (non-hydrogen) atoms. The fraction of sp³-hybridized carbons (Fsp3) is 0.333. The Hall–Kier alpha value is -1.55. The van der Waals surface area contributed by atoms with Gasteiger partial charge in [-0.15, -0.1) is 10.2 Å². The van der Waals surface area contributed by atoms with Gasteiger partial charge in [-0.1, -0.05) is 5.21 Å². The summed E-state index contributed by atoms with van der Waals surface area (Å²) in [7, 11) is 0. The lowest BCUT2D eigenvalue weighted by atomic mass is 10.6. The Bertz CT molecular complexity index is 210. The number of isocyanates is 1. The van der Waals surface area contributed by atoms with Crippen LogP contribution in [0.1, 0.15) is 5.82 Å². The number of tetrazole rings is 1. The van der Waals surface area contributed by atoms with Crippen LogP contribution in [0.2, 0.25) is 0 Å². The van der Waals surface area contributed by atoms with Crippen LogP contribution in [0.3, 0.4) is 0 Å². The summed E-state index contributed by atoms with van der Waals surface area (Å²) in [5.74, 6) is 0.387. The van der Waals surface area contributed by atoms with E-state index < -0.39 is 0 Å². The predicted molar refractivity (Wildman–Crippen MR) is 26.0 cm³/mol. The highest BCUT2D eigenvalue weighted by Gasteiger charge is 1.91. The van der Waals surface area contributed by atoms with Crippen molar-refractivity contribution >= 4 is 6.08 Å². The standard InChI is InChI=1S/C3H3N5O/c9-2-4-1-3-5-7-8-6-3/h1H2,(H,5,6,7,8). The van der Waals surface area contributed by atoms with Crippen LogP contribution in [0.25, 0.3) is 0 Å². The summed E-state index contributed by atoms with van der Waals surface area (Å²) in [5, 5.41) is 12.5. The number of rotatable bonds is 2. The van der Waals surface area contributed by atoms with Gasteiger partial charge in [0.1, 0.15) is 6.54 Å². The first-order valence-corrected chi connectivity index (χ1v) is 2.19. The maximum absolute atomic E-state index is 9.52. The second-order valence-electron chi connectivity index (χ2n) is 1.24. The summed E-state index contributed by atoms with van der Waals surface area (Å²) < 4.78 is 0. The Labute approximate surface area is 50.0 Å². The van der Waals surface area contributed by atoms with Gasteiger partial charge in [0.2, 0.25) is 6.08 Å². The maximum Gasteiger partial charge on any atom is 0.235 e. The fourth-order valence-electron chi connectivity index (χ4n) is 0.352. The molecule has 0 bridgehead atoms. The molecule has 0 unspecified atom stereocenters. The molecule has 0 saturated carbocycles. The summed E-state index contributed by atoms with van der Waals surface area (Å²) in [5.41, 5.74) is 0. The lowest BCUT2D eigenvalue weighted by molar-refractivity contribution is 0.562. The third-order valence-electron chi connectivity index (χ3n) is 0.674. The summed E-state index contributed by atoms with van der Waals surface area (Å²) in [6.45, 7) is 0.139. The largest absolute Gasteiger partial charge is 0.235 e. The van der Waals surface area contributed by atoms with Crippen LogP contribution in [0.5, 0.6) is 0 Å². The third-order valence-corrected chi connectivity index (χ3v) is 0.674. The summed E-state index contributed by atoms with van der Waals surface area (Å²) in [4.78, 5) is 12.7. The molecule has 6 nitrogen and oxygen atoms in total. The van der Waals surface area contributed by atoms with Crippen LogP contribution in [-0.2, 0) is 11.3 Å². The van der Waals surface area contributed by atoms with Crippen molar-refractivity contribution in [1.82, 2.24) is 20.6 Å². The molecule has 1 heterocycles. The fourth-order valence-corrected chi connectivity index (χ4v) is 0.352. The second-order valence-corrected chi connectivity index (χ2v) is 1.24. The van der Waals surface area contributed by atoms with Crippen LogP contribution in [0, 0.1) is 0 Å². The molecule has 1 aromatic rings. The van der Waals surface area contributed by atoms with E-state index in [1.54, 1.807) is 0 Å². The van der Waals surface area contributed by atoms with Crippen LogP contribution in [0.15, 0.2) is 4.99 Å². The third kappa shape index (κ3) is 1.43. The molecule has 6 heteroatoms. The topological polar surface area (TPSA) is 83.9 Å². The molecule has 1 N–H and O–H groups in total. The van der Waals surface area contributed by atoms with E-state index in [1.807, 2.05) is 0 Å². The first kappa shape index (κ1) is 5.58. The maximum atomic E-state index is 9.52. The van der Waals surface area contributed by atoms with Crippen molar-refractivity contribution in [1.29, 1.82) is 0 Å². The minimum absolute atomic E-state index is 0.139. The first-order valence-electron chi connectivity index (χ1n) is 2.19. The number of aliphatic imine (C=N–C) groups is 1. The van der Waals surface area contributed by atoms with Crippen LogP contribution < -0.4 is 0 Å². The lowest BCUT2D eigenvalue weighted by Crippen LogP contribution is -1.83. The first-order chi connectivity index (χ1) is 4.43. The van der Waals surface area contributed by atoms with Gasteiger partial charge in [-0.2, -0.15) is 10.2 Å². The molecular formula is C3H3N5O. The van der Waals surface area contributed by atoms with Gasteiger partial charge in [-0.3, -0.25) is 0 Å². The molecule has 1 aromatic heterocycles. The molecule has 0 aliphatic rings. The Balaban J connectivity index is 2.57. The second kappa shape index (κ2) is 2.68. The number of aromatic amines is 1. The van der Waals surface area contributed by atoms with Gasteiger partial charge in [0.25, 0.3) is 0 Å². The monoisotopic (exact) mass is 125 g/mol. The number of H-pyrrole nitrogens is 1. The van der Waals surface area contributed by atoms with Gasteiger partial charge >= 0.3 is 0 Å². The molecule has 0 aliphatic heterocycles. The van der Waals surface area contributed by atoms with Gasteiger partial charge < -0.3 is 0 Å². The zero-order chi connectivity index (χ0) is 6.53. The van der Waals surface area contributed by atoms with Gasteiger partial charge in [0.05, 0.1) is 0 Å². The highest BCUT2D eigenvalue weighted by Crippen LogP contribution is 1.83. The van der Waals surface area contributed by atoms with Crippen molar-refractivity contribution in [3.05, 3.63) is 5.82 Å². The van der Waals surface area contributed by atoms with E-state index in [2.05, 4.69) is 25.6 Å². The molecule has 0 aromatic carbocycles. The van der Waals surface area contributed by atoms with Crippen molar-refractivity contribution < 1.29 is 4.79 Å². The minimum atomic E-state index is 0.139.